The highest BCUT2D eigenvalue weighted by Gasteiger charge is 2.51. The van der Waals surface area contributed by atoms with Crippen molar-refractivity contribution in [2.24, 2.45) is 17.8 Å². The van der Waals surface area contributed by atoms with Crippen molar-refractivity contribution in [3.8, 4) is 0 Å². The van der Waals surface area contributed by atoms with Crippen LogP contribution in [0, 0.1) is 17.8 Å². The first-order chi connectivity index (χ1) is 10.6. The Kier molecular flexibility index (Phi) is 3.53. The third-order valence-electron chi connectivity index (χ3n) is 5.70. The van der Waals surface area contributed by atoms with Crippen LogP contribution >= 0.6 is 11.6 Å². The molecule has 4 aliphatic carbocycles. The molecule has 0 aromatic heterocycles. The lowest BCUT2D eigenvalue weighted by atomic mass is 9.53. The standard InChI is InChI=1S/C19H22ClNO/c20-17-3-1-2-13(9-17)4-5-18(22)21-19-10-14-6-15(11-19)8-16(7-14)12-19/h1-5,9,14-16H,6-8,10-12H2,(H,21,22). The summed E-state index contributed by atoms with van der Waals surface area (Å²) in [5.74, 6) is 2.59. The largest absolute Gasteiger partial charge is 0.347 e. The molecule has 4 bridgehead atoms. The van der Waals surface area contributed by atoms with E-state index < -0.39 is 0 Å². The van der Waals surface area contributed by atoms with Crippen LogP contribution in [0.1, 0.15) is 44.1 Å². The van der Waals surface area contributed by atoms with Crippen LogP contribution in [0.2, 0.25) is 5.02 Å². The predicted molar refractivity (Wildman–Crippen MR) is 89.5 cm³/mol. The number of carbonyl (C=O) groups excluding carboxylic acids is 1. The molecule has 1 amide bonds. The molecule has 116 valence electrons. The lowest BCUT2D eigenvalue weighted by Gasteiger charge is -2.56. The first-order valence-corrected chi connectivity index (χ1v) is 8.74. The van der Waals surface area contributed by atoms with E-state index in [0.717, 1.165) is 23.3 Å². The lowest BCUT2D eigenvalue weighted by molar-refractivity contribution is -0.122. The third-order valence-corrected chi connectivity index (χ3v) is 5.94. The third kappa shape index (κ3) is 2.81. The Morgan fingerprint density at radius 1 is 1.14 bits per heavy atom. The zero-order valence-electron chi connectivity index (χ0n) is 12.7. The summed E-state index contributed by atoms with van der Waals surface area (Å²) in [5, 5.41) is 4.05. The van der Waals surface area contributed by atoms with E-state index >= 15 is 0 Å². The van der Waals surface area contributed by atoms with Gasteiger partial charge in [-0.3, -0.25) is 4.79 Å². The van der Waals surface area contributed by atoms with Crippen LogP contribution in [0.15, 0.2) is 30.3 Å². The van der Waals surface area contributed by atoms with Gasteiger partial charge < -0.3 is 5.32 Å². The van der Waals surface area contributed by atoms with Crippen molar-refractivity contribution in [3.05, 3.63) is 40.9 Å². The fourth-order valence-corrected chi connectivity index (χ4v) is 5.55. The second-order valence-electron chi connectivity index (χ2n) is 7.58. The topological polar surface area (TPSA) is 29.1 Å². The van der Waals surface area contributed by atoms with Gasteiger partial charge in [0, 0.05) is 16.6 Å². The van der Waals surface area contributed by atoms with Gasteiger partial charge in [0.1, 0.15) is 0 Å². The summed E-state index contributed by atoms with van der Waals surface area (Å²) in [6.45, 7) is 0. The highest BCUT2D eigenvalue weighted by atomic mass is 35.5. The average Bonchev–Trinajstić information content (AvgIpc) is 2.43. The van der Waals surface area contributed by atoms with E-state index in [1.807, 2.05) is 30.3 Å². The number of halogens is 1. The highest BCUT2D eigenvalue weighted by molar-refractivity contribution is 6.30. The highest BCUT2D eigenvalue weighted by Crippen LogP contribution is 2.55. The van der Waals surface area contributed by atoms with Crippen LogP contribution < -0.4 is 5.32 Å². The normalized spacial score (nSPS) is 36.0. The first kappa shape index (κ1) is 14.3. The maximum Gasteiger partial charge on any atom is 0.244 e. The molecule has 1 N–H and O–H groups in total. The van der Waals surface area contributed by atoms with Crippen molar-refractivity contribution in [2.75, 3.05) is 0 Å². The molecule has 0 heterocycles. The number of benzene rings is 1. The van der Waals surface area contributed by atoms with Crippen LogP contribution in [0.5, 0.6) is 0 Å². The molecule has 2 nitrogen and oxygen atoms in total. The molecular weight excluding hydrogens is 294 g/mol. The van der Waals surface area contributed by atoms with Crippen molar-refractivity contribution in [3.63, 3.8) is 0 Å². The number of nitrogens with one attached hydrogen (secondary N) is 1. The minimum atomic E-state index is 0.0434. The SMILES string of the molecule is O=C(C=Cc1cccc(Cl)c1)NC12CC3CC(CC(C3)C1)C2. The van der Waals surface area contributed by atoms with Crippen molar-refractivity contribution >= 4 is 23.6 Å². The Morgan fingerprint density at radius 2 is 1.77 bits per heavy atom. The molecule has 3 heteroatoms. The molecule has 0 aliphatic heterocycles. The van der Waals surface area contributed by atoms with E-state index in [4.69, 9.17) is 11.6 Å². The quantitative estimate of drug-likeness (QED) is 0.821. The van der Waals surface area contributed by atoms with E-state index in [1.165, 1.54) is 38.5 Å². The zero-order chi connectivity index (χ0) is 15.2. The molecule has 4 aliphatic rings. The monoisotopic (exact) mass is 315 g/mol. The Balaban J connectivity index is 1.44. The summed E-state index contributed by atoms with van der Waals surface area (Å²) >= 11 is 5.97. The van der Waals surface area contributed by atoms with Crippen LogP contribution in [-0.2, 0) is 4.79 Å². The van der Waals surface area contributed by atoms with Crippen molar-refractivity contribution in [2.45, 2.75) is 44.1 Å². The Morgan fingerprint density at radius 3 is 2.36 bits per heavy atom. The van der Waals surface area contributed by atoms with E-state index in [-0.39, 0.29) is 11.4 Å². The smallest absolute Gasteiger partial charge is 0.244 e. The van der Waals surface area contributed by atoms with Crippen LogP contribution in [0.4, 0.5) is 0 Å². The van der Waals surface area contributed by atoms with Crippen LogP contribution in [-0.4, -0.2) is 11.4 Å². The molecule has 22 heavy (non-hydrogen) atoms. The number of hydrogen-bond donors (Lipinski definition) is 1. The van der Waals surface area contributed by atoms with Gasteiger partial charge in [0.2, 0.25) is 5.91 Å². The van der Waals surface area contributed by atoms with Gasteiger partial charge >= 0.3 is 0 Å². The fraction of sp³-hybridized carbons (Fsp3) is 0.526. The van der Waals surface area contributed by atoms with Gasteiger partial charge in [0.05, 0.1) is 0 Å². The van der Waals surface area contributed by atoms with Gasteiger partial charge in [-0.05, 0) is 80.1 Å². The minimum absolute atomic E-state index is 0.0434. The van der Waals surface area contributed by atoms with E-state index in [2.05, 4.69) is 5.32 Å². The van der Waals surface area contributed by atoms with Gasteiger partial charge in [-0.2, -0.15) is 0 Å². The minimum Gasteiger partial charge on any atom is -0.347 e. The Bertz CT molecular complexity index is 586. The van der Waals surface area contributed by atoms with E-state index in [9.17, 15) is 4.79 Å². The summed E-state index contributed by atoms with van der Waals surface area (Å²) < 4.78 is 0. The van der Waals surface area contributed by atoms with Gasteiger partial charge in [0.15, 0.2) is 0 Å². The van der Waals surface area contributed by atoms with Gasteiger partial charge in [-0.15, -0.1) is 0 Å². The summed E-state index contributed by atoms with van der Waals surface area (Å²) in [4.78, 5) is 12.4. The van der Waals surface area contributed by atoms with Crippen molar-refractivity contribution in [1.82, 2.24) is 5.32 Å². The predicted octanol–water partition coefficient (Wildman–Crippen LogP) is 4.44. The molecule has 0 unspecified atom stereocenters. The number of carbonyl (C=O) groups is 1. The van der Waals surface area contributed by atoms with Gasteiger partial charge in [0.25, 0.3) is 0 Å². The van der Waals surface area contributed by atoms with Gasteiger partial charge in [-0.1, -0.05) is 23.7 Å². The summed E-state index contributed by atoms with van der Waals surface area (Å²) in [5.41, 5.74) is 1.05. The van der Waals surface area contributed by atoms with Gasteiger partial charge in [-0.25, -0.2) is 0 Å². The number of rotatable bonds is 3. The summed E-state index contributed by atoms with van der Waals surface area (Å²) in [6, 6.07) is 7.57. The molecule has 1 aromatic carbocycles. The van der Waals surface area contributed by atoms with E-state index in [0.29, 0.717) is 5.02 Å². The molecule has 5 rings (SSSR count). The summed E-state index contributed by atoms with van der Waals surface area (Å²) in [6.07, 6.45) is 11.3. The number of hydrogen-bond acceptors (Lipinski definition) is 1. The van der Waals surface area contributed by atoms with Crippen molar-refractivity contribution < 1.29 is 4.79 Å². The Hall–Kier alpha value is -1.28. The summed E-state index contributed by atoms with van der Waals surface area (Å²) in [7, 11) is 0. The molecule has 4 fully saturated rings. The first-order valence-electron chi connectivity index (χ1n) is 8.36. The Labute approximate surface area is 136 Å². The second kappa shape index (κ2) is 5.42. The fourth-order valence-electron chi connectivity index (χ4n) is 5.35. The molecule has 0 saturated heterocycles. The number of amides is 1. The molecular formula is C19H22ClNO. The molecule has 0 spiro atoms. The molecule has 4 saturated carbocycles. The van der Waals surface area contributed by atoms with Crippen molar-refractivity contribution in [1.29, 1.82) is 0 Å². The molecule has 0 atom stereocenters. The van der Waals surface area contributed by atoms with Crippen LogP contribution in [0.3, 0.4) is 0 Å². The maximum atomic E-state index is 12.4. The molecule has 0 radical (unpaired) electrons. The lowest BCUT2D eigenvalue weighted by Crippen LogP contribution is -2.59. The van der Waals surface area contributed by atoms with E-state index in [1.54, 1.807) is 6.08 Å². The zero-order valence-corrected chi connectivity index (χ0v) is 13.5. The maximum absolute atomic E-state index is 12.4. The molecule has 1 aromatic rings. The second-order valence-corrected chi connectivity index (χ2v) is 8.01. The van der Waals surface area contributed by atoms with Crippen LogP contribution in [0.25, 0.3) is 6.08 Å². The average molecular weight is 316 g/mol.